The Kier molecular flexibility index (Phi) is 5.53. The lowest BCUT2D eigenvalue weighted by Crippen LogP contribution is -2.21. The van der Waals surface area contributed by atoms with Crippen LogP contribution in [0.5, 0.6) is 5.75 Å². The van der Waals surface area contributed by atoms with E-state index < -0.39 is 29.6 Å². The van der Waals surface area contributed by atoms with Gasteiger partial charge in [-0.15, -0.1) is 0 Å². The van der Waals surface area contributed by atoms with E-state index in [1.807, 2.05) is 0 Å². The summed E-state index contributed by atoms with van der Waals surface area (Å²) in [6, 6.07) is 7.70. The first kappa shape index (κ1) is 19.7. The second kappa shape index (κ2) is 7.87. The molecule has 3 rings (SSSR count). The molecule has 9 heteroatoms. The van der Waals surface area contributed by atoms with Crippen LogP contribution >= 0.6 is 0 Å². The summed E-state index contributed by atoms with van der Waals surface area (Å²) in [5.41, 5.74) is -0.251. The van der Waals surface area contributed by atoms with Crippen molar-refractivity contribution in [1.29, 1.82) is 0 Å². The van der Waals surface area contributed by atoms with Crippen LogP contribution < -0.4 is 4.74 Å². The van der Waals surface area contributed by atoms with Gasteiger partial charge in [-0.05, 0) is 35.9 Å². The molecule has 2 aromatic carbocycles. The Bertz CT molecular complexity index is 911. The van der Waals surface area contributed by atoms with Crippen LogP contribution in [0.4, 0.5) is 17.6 Å². The number of methoxy groups -OCH3 is 1. The van der Waals surface area contributed by atoms with E-state index in [0.717, 1.165) is 18.2 Å². The van der Waals surface area contributed by atoms with Gasteiger partial charge in [0.15, 0.2) is 17.6 Å². The number of carbonyl (C=O) groups excluding carboxylic acids is 1. The molecule has 0 bridgehead atoms. The quantitative estimate of drug-likeness (QED) is 0.570. The van der Waals surface area contributed by atoms with Crippen molar-refractivity contribution >= 4 is 11.9 Å². The highest BCUT2D eigenvalue weighted by Gasteiger charge is 2.30. The van der Waals surface area contributed by atoms with Gasteiger partial charge in [0, 0.05) is 5.56 Å². The number of hydrogen-bond acceptors (Lipinski definition) is 5. The second-order valence-electron chi connectivity index (χ2n) is 5.92. The Balaban J connectivity index is 1.70. The van der Waals surface area contributed by atoms with Gasteiger partial charge in [-0.25, -0.2) is 14.2 Å². The van der Waals surface area contributed by atoms with E-state index in [4.69, 9.17) is 9.47 Å². The summed E-state index contributed by atoms with van der Waals surface area (Å²) in [7, 11) is 1.23. The summed E-state index contributed by atoms with van der Waals surface area (Å²) >= 11 is 0. The number of carbonyl (C=O) groups is 1. The van der Waals surface area contributed by atoms with E-state index in [2.05, 4.69) is 9.73 Å². The number of nitrogens with zero attached hydrogens (tertiary/aromatic N) is 1. The molecule has 148 valence electrons. The van der Waals surface area contributed by atoms with Gasteiger partial charge in [0.05, 0.1) is 12.7 Å². The highest BCUT2D eigenvalue weighted by molar-refractivity contribution is 5.97. The van der Waals surface area contributed by atoms with Crippen molar-refractivity contribution in [3.05, 3.63) is 65.0 Å². The molecular formula is C19H15F4NO4. The van der Waals surface area contributed by atoms with Gasteiger partial charge in [0.1, 0.15) is 13.2 Å². The molecule has 0 N–H and O–H groups in total. The molecule has 1 heterocycles. The lowest BCUT2D eigenvalue weighted by molar-refractivity contribution is -0.142. The standard InChI is InChI=1S/C19H15F4NO4/c1-26-18(25)15-10-28-17(24-15)12-5-6-16(14(20)8-12)27-9-11-3-2-4-13(7-11)19(21,22)23/h2-8,15H,9-10H2,1H3/t15-/m1/s1. The zero-order valence-corrected chi connectivity index (χ0v) is 14.6. The molecule has 1 atom stereocenters. The number of halogens is 4. The average molecular weight is 397 g/mol. The molecule has 0 amide bonds. The molecule has 0 unspecified atom stereocenters. The number of hydrogen-bond donors (Lipinski definition) is 0. The van der Waals surface area contributed by atoms with Gasteiger partial charge >= 0.3 is 12.1 Å². The predicted octanol–water partition coefficient (Wildman–Crippen LogP) is 3.74. The summed E-state index contributed by atoms with van der Waals surface area (Å²) in [6.07, 6.45) is -4.47. The molecule has 0 spiro atoms. The van der Waals surface area contributed by atoms with Crippen LogP contribution in [0.25, 0.3) is 0 Å². The number of ether oxygens (including phenoxy) is 3. The smallest absolute Gasteiger partial charge is 0.416 e. The Morgan fingerprint density at radius 3 is 2.71 bits per heavy atom. The Morgan fingerprint density at radius 2 is 2.04 bits per heavy atom. The van der Waals surface area contributed by atoms with Crippen molar-refractivity contribution < 1.29 is 36.6 Å². The van der Waals surface area contributed by atoms with E-state index in [1.54, 1.807) is 0 Å². The van der Waals surface area contributed by atoms with Gasteiger partial charge in [-0.1, -0.05) is 12.1 Å². The van der Waals surface area contributed by atoms with Gasteiger partial charge in [-0.3, -0.25) is 0 Å². The van der Waals surface area contributed by atoms with E-state index in [1.165, 1.54) is 31.4 Å². The van der Waals surface area contributed by atoms with E-state index >= 15 is 0 Å². The number of alkyl halides is 3. The summed E-state index contributed by atoms with van der Waals surface area (Å²) in [4.78, 5) is 15.5. The third-order valence-electron chi connectivity index (χ3n) is 3.95. The second-order valence-corrected chi connectivity index (χ2v) is 5.92. The minimum absolute atomic E-state index is 0.00256. The molecule has 5 nitrogen and oxygen atoms in total. The van der Waals surface area contributed by atoms with Crippen molar-refractivity contribution in [2.24, 2.45) is 4.99 Å². The molecular weight excluding hydrogens is 382 g/mol. The molecule has 0 aliphatic carbocycles. The van der Waals surface area contributed by atoms with Crippen LogP contribution in [0.3, 0.4) is 0 Å². The zero-order chi connectivity index (χ0) is 20.3. The topological polar surface area (TPSA) is 57.1 Å². The summed E-state index contributed by atoms with van der Waals surface area (Å²) < 4.78 is 67.6. The van der Waals surface area contributed by atoms with Crippen molar-refractivity contribution in [3.63, 3.8) is 0 Å². The fourth-order valence-electron chi connectivity index (χ4n) is 2.54. The van der Waals surface area contributed by atoms with Crippen molar-refractivity contribution in [1.82, 2.24) is 0 Å². The first-order valence-electron chi connectivity index (χ1n) is 8.15. The lowest BCUT2D eigenvalue weighted by Gasteiger charge is -2.11. The van der Waals surface area contributed by atoms with E-state index in [9.17, 15) is 22.4 Å². The maximum Gasteiger partial charge on any atom is 0.416 e. The van der Waals surface area contributed by atoms with Gasteiger partial charge < -0.3 is 14.2 Å². The average Bonchev–Trinajstić information content (AvgIpc) is 3.16. The largest absolute Gasteiger partial charge is 0.486 e. The Labute approximate surface area is 157 Å². The van der Waals surface area contributed by atoms with Gasteiger partial charge in [-0.2, -0.15) is 13.2 Å². The Hall–Kier alpha value is -3.10. The first-order valence-corrected chi connectivity index (χ1v) is 8.15. The predicted molar refractivity (Wildman–Crippen MR) is 90.5 cm³/mol. The van der Waals surface area contributed by atoms with Gasteiger partial charge in [0.25, 0.3) is 0 Å². The molecule has 1 aliphatic rings. The molecule has 0 radical (unpaired) electrons. The fourth-order valence-corrected chi connectivity index (χ4v) is 2.54. The van der Waals surface area contributed by atoms with Crippen LogP contribution in [0.2, 0.25) is 0 Å². The maximum atomic E-state index is 14.3. The minimum atomic E-state index is -4.47. The Morgan fingerprint density at radius 1 is 1.25 bits per heavy atom. The summed E-state index contributed by atoms with van der Waals surface area (Å²) in [5, 5.41) is 0. The molecule has 0 saturated carbocycles. The number of benzene rings is 2. The molecule has 0 saturated heterocycles. The highest BCUT2D eigenvalue weighted by Crippen LogP contribution is 2.30. The third kappa shape index (κ3) is 4.41. The molecule has 28 heavy (non-hydrogen) atoms. The first-order chi connectivity index (χ1) is 13.3. The SMILES string of the molecule is COC(=O)[C@H]1COC(c2ccc(OCc3cccc(C(F)(F)F)c3)c(F)c2)=N1. The third-order valence-corrected chi connectivity index (χ3v) is 3.95. The molecule has 0 aromatic heterocycles. The lowest BCUT2D eigenvalue weighted by atomic mass is 10.1. The number of rotatable bonds is 5. The monoisotopic (exact) mass is 397 g/mol. The molecule has 0 fully saturated rings. The summed E-state index contributed by atoms with van der Waals surface area (Å²) in [6.45, 7) is -0.237. The van der Waals surface area contributed by atoms with Crippen molar-refractivity contribution in [2.75, 3.05) is 13.7 Å². The van der Waals surface area contributed by atoms with Crippen LogP contribution in [0.1, 0.15) is 16.7 Å². The van der Waals surface area contributed by atoms with Crippen LogP contribution in [0, 0.1) is 5.82 Å². The van der Waals surface area contributed by atoms with Gasteiger partial charge in [0.2, 0.25) is 5.90 Å². The van der Waals surface area contributed by atoms with E-state index in [-0.39, 0.29) is 30.4 Å². The van der Waals surface area contributed by atoms with Crippen molar-refractivity contribution in [3.8, 4) is 5.75 Å². The molecule has 2 aromatic rings. The highest BCUT2D eigenvalue weighted by atomic mass is 19.4. The minimum Gasteiger partial charge on any atom is -0.486 e. The van der Waals surface area contributed by atoms with Crippen LogP contribution in [-0.4, -0.2) is 31.6 Å². The normalized spacial score (nSPS) is 16.3. The van der Waals surface area contributed by atoms with Crippen molar-refractivity contribution in [2.45, 2.75) is 18.8 Å². The molecule has 1 aliphatic heterocycles. The van der Waals surface area contributed by atoms with Crippen LogP contribution in [0.15, 0.2) is 47.5 Å². The fraction of sp³-hybridized carbons (Fsp3) is 0.263. The number of aliphatic imine (C=N–C) groups is 1. The van der Waals surface area contributed by atoms with E-state index in [0.29, 0.717) is 5.56 Å². The maximum absolute atomic E-state index is 14.3. The summed E-state index contributed by atoms with van der Waals surface area (Å²) in [5.74, 6) is -1.34. The van der Waals surface area contributed by atoms with Crippen LogP contribution in [-0.2, 0) is 27.1 Å². The number of esters is 1. The zero-order valence-electron chi connectivity index (χ0n) is 14.6.